The van der Waals surface area contributed by atoms with E-state index in [0.29, 0.717) is 17.1 Å². The number of fused-ring (bicyclic) bond motifs is 1. The second-order valence-electron chi connectivity index (χ2n) is 6.75. The molecule has 1 aliphatic rings. The van der Waals surface area contributed by atoms with Gasteiger partial charge in [-0.2, -0.15) is 0 Å². The Bertz CT molecular complexity index is 874. The monoisotopic (exact) mass is 357 g/mol. The highest BCUT2D eigenvalue weighted by Gasteiger charge is 2.32. The molecule has 1 aliphatic heterocycles. The number of para-hydroxylation sites is 1. The van der Waals surface area contributed by atoms with Gasteiger partial charge in [-0.05, 0) is 39.0 Å². The van der Waals surface area contributed by atoms with Gasteiger partial charge >= 0.3 is 5.97 Å². The van der Waals surface area contributed by atoms with Crippen LogP contribution >= 0.6 is 0 Å². The summed E-state index contributed by atoms with van der Waals surface area (Å²) in [6.45, 7) is 5.26. The lowest BCUT2D eigenvalue weighted by molar-refractivity contribution is -0.385. The Morgan fingerprint density at radius 3 is 2.77 bits per heavy atom. The Kier molecular flexibility index (Phi) is 4.54. The quantitative estimate of drug-likeness (QED) is 0.352. The first-order valence-corrected chi connectivity index (χ1v) is 8.14. The molecule has 136 valence electrons. The second kappa shape index (κ2) is 6.67. The van der Waals surface area contributed by atoms with Gasteiger partial charge < -0.3 is 14.2 Å². The highest BCUT2D eigenvalue weighted by molar-refractivity contribution is 5.74. The van der Waals surface area contributed by atoms with Crippen LogP contribution in [0.3, 0.4) is 0 Å². The van der Waals surface area contributed by atoms with E-state index in [1.165, 1.54) is 18.2 Å². The molecule has 0 aliphatic carbocycles. The van der Waals surface area contributed by atoms with Crippen molar-refractivity contribution in [3.05, 3.63) is 57.6 Å². The number of benzene rings is 2. The molecule has 7 heteroatoms. The van der Waals surface area contributed by atoms with E-state index in [1.807, 2.05) is 26.0 Å². The first-order chi connectivity index (χ1) is 12.2. The molecule has 7 nitrogen and oxygen atoms in total. The van der Waals surface area contributed by atoms with Gasteiger partial charge in [0.2, 0.25) is 0 Å². The summed E-state index contributed by atoms with van der Waals surface area (Å²) in [4.78, 5) is 22.4. The zero-order valence-corrected chi connectivity index (χ0v) is 14.8. The summed E-state index contributed by atoms with van der Waals surface area (Å²) in [6, 6.07) is 9.69. The van der Waals surface area contributed by atoms with Crippen LogP contribution in [0.2, 0.25) is 0 Å². The number of carbonyl (C=O) groups is 1. The maximum atomic E-state index is 12.0. The van der Waals surface area contributed by atoms with Gasteiger partial charge in [-0.15, -0.1) is 0 Å². The van der Waals surface area contributed by atoms with Crippen molar-refractivity contribution >= 4 is 11.7 Å². The van der Waals surface area contributed by atoms with E-state index in [-0.39, 0.29) is 23.6 Å². The van der Waals surface area contributed by atoms with E-state index < -0.39 is 10.9 Å². The molecule has 0 spiro atoms. The van der Waals surface area contributed by atoms with Gasteiger partial charge in [0.15, 0.2) is 18.1 Å². The minimum absolute atomic E-state index is 0.0272. The van der Waals surface area contributed by atoms with Crippen LogP contribution in [0.25, 0.3) is 0 Å². The van der Waals surface area contributed by atoms with E-state index in [1.54, 1.807) is 13.0 Å². The third kappa shape index (κ3) is 3.77. The lowest BCUT2D eigenvalue weighted by atomic mass is 10.0. The molecule has 0 aromatic heterocycles. The third-order valence-corrected chi connectivity index (χ3v) is 4.00. The van der Waals surface area contributed by atoms with Gasteiger partial charge in [0, 0.05) is 23.6 Å². The molecule has 0 unspecified atom stereocenters. The first-order valence-electron chi connectivity index (χ1n) is 8.14. The molecule has 0 saturated heterocycles. The van der Waals surface area contributed by atoms with Gasteiger partial charge in [0.05, 0.1) is 4.92 Å². The number of rotatable bonds is 5. The summed E-state index contributed by atoms with van der Waals surface area (Å²) in [7, 11) is 0. The van der Waals surface area contributed by atoms with E-state index in [4.69, 9.17) is 14.2 Å². The zero-order chi connectivity index (χ0) is 18.9. The molecule has 2 aromatic carbocycles. The van der Waals surface area contributed by atoms with Gasteiger partial charge in [-0.3, -0.25) is 10.1 Å². The summed E-state index contributed by atoms with van der Waals surface area (Å²) in [5.74, 6) is 0.770. The lowest BCUT2D eigenvalue weighted by Crippen LogP contribution is -2.25. The Morgan fingerprint density at radius 2 is 2.08 bits per heavy atom. The Morgan fingerprint density at radius 1 is 1.31 bits per heavy atom. The second-order valence-corrected chi connectivity index (χ2v) is 6.75. The molecule has 26 heavy (non-hydrogen) atoms. The molecule has 0 N–H and O–H groups in total. The number of nitro groups is 1. The fourth-order valence-electron chi connectivity index (χ4n) is 2.89. The van der Waals surface area contributed by atoms with Crippen LogP contribution in [0.4, 0.5) is 5.69 Å². The number of hydrogen-bond acceptors (Lipinski definition) is 6. The third-order valence-electron chi connectivity index (χ3n) is 4.00. The van der Waals surface area contributed by atoms with Gasteiger partial charge in [0.25, 0.3) is 5.69 Å². The van der Waals surface area contributed by atoms with Crippen LogP contribution in [0, 0.1) is 17.0 Å². The molecule has 1 heterocycles. The average molecular weight is 357 g/mol. The van der Waals surface area contributed by atoms with Crippen molar-refractivity contribution in [1.82, 2.24) is 0 Å². The highest BCUT2D eigenvalue weighted by Crippen LogP contribution is 2.41. The minimum Gasteiger partial charge on any atom is -0.483 e. The molecular formula is C19H19NO6. The van der Waals surface area contributed by atoms with E-state index in [9.17, 15) is 14.9 Å². The van der Waals surface area contributed by atoms with E-state index in [2.05, 4.69) is 0 Å². The van der Waals surface area contributed by atoms with Crippen LogP contribution in [0.1, 0.15) is 25.0 Å². The maximum Gasteiger partial charge on any atom is 0.349 e. The van der Waals surface area contributed by atoms with Crippen molar-refractivity contribution in [2.45, 2.75) is 32.8 Å². The van der Waals surface area contributed by atoms with Crippen molar-refractivity contribution in [2.75, 3.05) is 6.61 Å². The van der Waals surface area contributed by atoms with Crippen LogP contribution in [-0.2, 0) is 11.2 Å². The average Bonchev–Trinajstić information content (AvgIpc) is 2.87. The summed E-state index contributed by atoms with van der Waals surface area (Å²) in [6.07, 6.45) is 0.770. The van der Waals surface area contributed by atoms with Gasteiger partial charge in [-0.25, -0.2) is 4.79 Å². The van der Waals surface area contributed by atoms with Crippen LogP contribution in [0.15, 0.2) is 36.4 Å². The molecule has 3 rings (SSSR count). The fourth-order valence-corrected chi connectivity index (χ4v) is 2.89. The molecule has 0 amide bonds. The molecule has 0 atom stereocenters. The molecule has 0 saturated carbocycles. The Balaban J connectivity index is 1.63. The fraction of sp³-hybridized carbons (Fsp3) is 0.316. The summed E-state index contributed by atoms with van der Waals surface area (Å²) in [5.41, 5.74) is 1.11. The van der Waals surface area contributed by atoms with Crippen LogP contribution in [0.5, 0.6) is 17.2 Å². The number of ether oxygens (including phenoxy) is 3. The summed E-state index contributed by atoms with van der Waals surface area (Å²) in [5, 5.41) is 10.8. The number of carbonyl (C=O) groups excluding carboxylic acids is 1. The molecule has 2 aromatic rings. The summed E-state index contributed by atoms with van der Waals surface area (Å²) >= 11 is 0. The predicted octanol–water partition coefficient (Wildman–Crippen LogP) is 3.60. The zero-order valence-electron chi connectivity index (χ0n) is 14.8. The van der Waals surface area contributed by atoms with Crippen LogP contribution < -0.4 is 14.2 Å². The van der Waals surface area contributed by atoms with Crippen molar-refractivity contribution in [3.63, 3.8) is 0 Å². The minimum atomic E-state index is -0.604. The number of nitro benzene ring substituents is 1. The lowest BCUT2D eigenvalue weighted by Gasteiger charge is -2.18. The molecule has 0 radical (unpaired) electrons. The van der Waals surface area contributed by atoms with E-state index in [0.717, 1.165) is 12.0 Å². The SMILES string of the molecule is Cc1cc(OC(=O)COc2cccc3c2OC(C)(C)C3)ccc1[N+](=O)[O-]. The summed E-state index contributed by atoms with van der Waals surface area (Å²) < 4.78 is 16.6. The number of aryl methyl sites for hydroxylation is 1. The Labute approximate surface area is 150 Å². The first kappa shape index (κ1) is 17.7. The highest BCUT2D eigenvalue weighted by atomic mass is 16.6. The van der Waals surface area contributed by atoms with Crippen molar-refractivity contribution < 1.29 is 23.9 Å². The largest absolute Gasteiger partial charge is 0.483 e. The number of nitrogens with zero attached hydrogens (tertiary/aromatic N) is 1. The van der Waals surface area contributed by atoms with Gasteiger partial charge in [-0.1, -0.05) is 12.1 Å². The smallest absolute Gasteiger partial charge is 0.349 e. The molecule has 0 bridgehead atoms. The van der Waals surface area contributed by atoms with Gasteiger partial charge in [0.1, 0.15) is 11.4 Å². The number of hydrogen-bond donors (Lipinski definition) is 0. The van der Waals surface area contributed by atoms with E-state index >= 15 is 0 Å². The van der Waals surface area contributed by atoms with Crippen molar-refractivity contribution in [2.24, 2.45) is 0 Å². The Hall–Kier alpha value is -3.09. The standard InChI is InChI=1S/C19H19NO6/c1-12-9-14(7-8-15(12)20(22)23)25-17(21)11-24-16-6-4-5-13-10-19(2,3)26-18(13)16/h4-9H,10-11H2,1-3H3. The van der Waals surface area contributed by atoms with Crippen molar-refractivity contribution in [1.29, 1.82) is 0 Å². The topological polar surface area (TPSA) is 87.9 Å². The number of esters is 1. The molecular weight excluding hydrogens is 338 g/mol. The van der Waals surface area contributed by atoms with Crippen molar-refractivity contribution in [3.8, 4) is 17.2 Å². The maximum absolute atomic E-state index is 12.0. The van der Waals surface area contributed by atoms with Crippen LogP contribution in [-0.4, -0.2) is 23.1 Å². The predicted molar refractivity (Wildman–Crippen MR) is 93.8 cm³/mol. The molecule has 0 fully saturated rings. The normalized spacial score (nSPS) is 14.3.